The number of piperazine rings is 1. The lowest BCUT2D eigenvalue weighted by Crippen LogP contribution is -2.56. The summed E-state index contributed by atoms with van der Waals surface area (Å²) in [5.41, 5.74) is 0.500. The van der Waals surface area contributed by atoms with E-state index in [1.165, 1.54) is 6.08 Å². The molecule has 82 valence electrons. The molecule has 1 aliphatic carbocycles. The zero-order valence-corrected chi connectivity index (χ0v) is 8.66. The molecule has 1 fully saturated rings. The van der Waals surface area contributed by atoms with Crippen LogP contribution in [0.1, 0.15) is 15.9 Å². The highest BCUT2D eigenvalue weighted by atomic mass is 16.3. The number of carbonyl (C=O) groups excluding carboxylic acids is 1. The van der Waals surface area contributed by atoms with Crippen LogP contribution in [-0.2, 0) is 5.72 Å². The zero-order valence-electron chi connectivity index (χ0n) is 8.66. The lowest BCUT2D eigenvalue weighted by molar-refractivity contribution is 0.0182. The van der Waals surface area contributed by atoms with E-state index in [1.54, 1.807) is 18.2 Å². The molecule has 0 spiro atoms. The van der Waals surface area contributed by atoms with Gasteiger partial charge in [0.15, 0.2) is 11.5 Å². The molecule has 3 rings (SSSR count). The number of allylic oxidation sites excluding steroid dienone is 1. The van der Waals surface area contributed by atoms with Crippen molar-refractivity contribution in [3.8, 4) is 0 Å². The Balaban J connectivity index is 2.23. The molecule has 1 aliphatic heterocycles. The summed E-state index contributed by atoms with van der Waals surface area (Å²) in [6.07, 6.45) is 1.47. The third kappa shape index (κ3) is 1.14. The first-order chi connectivity index (χ1) is 7.72. The van der Waals surface area contributed by atoms with Crippen LogP contribution in [0.15, 0.2) is 36.0 Å². The number of hydrogen-bond donors (Lipinski definition) is 3. The minimum atomic E-state index is -1.23. The van der Waals surface area contributed by atoms with E-state index in [0.717, 1.165) is 0 Å². The average molecular weight is 216 g/mol. The highest BCUT2D eigenvalue weighted by molar-refractivity contribution is 6.07. The second-order valence-electron chi connectivity index (χ2n) is 4.03. The van der Waals surface area contributed by atoms with Gasteiger partial charge in [0, 0.05) is 30.3 Å². The van der Waals surface area contributed by atoms with Crippen LogP contribution in [-0.4, -0.2) is 24.0 Å². The Morgan fingerprint density at radius 2 is 2.06 bits per heavy atom. The van der Waals surface area contributed by atoms with Gasteiger partial charge in [-0.1, -0.05) is 24.3 Å². The first kappa shape index (κ1) is 9.57. The normalized spacial score (nSPS) is 27.6. The van der Waals surface area contributed by atoms with Crippen LogP contribution in [0.25, 0.3) is 0 Å². The van der Waals surface area contributed by atoms with Gasteiger partial charge in [-0.15, -0.1) is 0 Å². The van der Waals surface area contributed by atoms with Gasteiger partial charge >= 0.3 is 0 Å². The number of carbonyl (C=O) groups is 1. The summed E-state index contributed by atoms with van der Waals surface area (Å²) >= 11 is 0. The van der Waals surface area contributed by atoms with E-state index < -0.39 is 5.72 Å². The van der Waals surface area contributed by atoms with Crippen LogP contribution in [0.5, 0.6) is 0 Å². The fourth-order valence-electron chi connectivity index (χ4n) is 2.28. The molecule has 0 amide bonds. The monoisotopic (exact) mass is 216 g/mol. The Hall–Kier alpha value is -1.65. The fraction of sp³-hybridized carbons (Fsp3) is 0.250. The van der Waals surface area contributed by atoms with Crippen molar-refractivity contribution in [1.29, 1.82) is 0 Å². The van der Waals surface area contributed by atoms with Gasteiger partial charge in [0.1, 0.15) is 0 Å². The zero-order chi connectivity index (χ0) is 11.2. The molecule has 0 aromatic heterocycles. The van der Waals surface area contributed by atoms with Crippen LogP contribution in [0.4, 0.5) is 0 Å². The number of ketones is 1. The van der Waals surface area contributed by atoms with Crippen LogP contribution in [0.3, 0.4) is 0 Å². The van der Waals surface area contributed by atoms with Gasteiger partial charge in [0.05, 0.1) is 5.70 Å². The highest BCUT2D eigenvalue weighted by Crippen LogP contribution is 2.33. The molecule has 2 aliphatic rings. The molecule has 4 nitrogen and oxygen atoms in total. The summed E-state index contributed by atoms with van der Waals surface area (Å²) in [6, 6.07) is 7.14. The summed E-state index contributed by atoms with van der Waals surface area (Å²) in [5, 5.41) is 16.7. The van der Waals surface area contributed by atoms with E-state index in [0.29, 0.717) is 29.9 Å². The molecule has 1 heterocycles. The topological polar surface area (TPSA) is 61.4 Å². The average Bonchev–Trinajstić information content (AvgIpc) is 2.31. The van der Waals surface area contributed by atoms with E-state index in [9.17, 15) is 9.90 Å². The molecule has 0 radical (unpaired) electrons. The molecule has 1 atom stereocenters. The Bertz CT molecular complexity index is 496. The molecule has 1 aromatic rings. The number of fused-ring (bicyclic) bond motifs is 3. The van der Waals surface area contributed by atoms with Crippen molar-refractivity contribution in [2.75, 3.05) is 13.1 Å². The van der Waals surface area contributed by atoms with Gasteiger partial charge in [-0.2, -0.15) is 0 Å². The van der Waals surface area contributed by atoms with Crippen molar-refractivity contribution in [3.05, 3.63) is 47.2 Å². The number of hydrogen-bond acceptors (Lipinski definition) is 4. The summed E-state index contributed by atoms with van der Waals surface area (Å²) < 4.78 is 0. The third-order valence-corrected chi connectivity index (χ3v) is 3.07. The maximum atomic E-state index is 11.8. The van der Waals surface area contributed by atoms with Gasteiger partial charge in [0.25, 0.3) is 0 Å². The standard InChI is InChI=1S/C12H12N2O2/c15-10-7-11-12(16,14-6-5-13-11)9-4-2-1-3-8(9)10/h1-4,7,13-14,16H,5-6H2. The lowest BCUT2D eigenvalue weighted by atomic mass is 9.85. The van der Waals surface area contributed by atoms with Gasteiger partial charge in [0.2, 0.25) is 0 Å². The molecule has 0 saturated carbocycles. The number of nitrogens with one attached hydrogen (secondary N) is 2. The largest absolute Gasteiger partial charge is 0.383 e. The molecule has 1 unspecified atom stereocenters. The van der Waals surface area contributed by atoms with Gasteiger partial charge in [-0.3, -0.25) is 10.1 Å². The maximum absolute atomic E-state index is 11.8. The summed E-state index contributed by atoms with van der Waals surface area (Å²) in [5.74, 6) is -0.0634. The second kappa shape index (κ2) is 3.17. The maximum Gasteiger partial charge on any atom is 0.188 e. The second-order valence-corrected chi connectivity index (χ2v) is 4.03. The number of rotatable bonds is 0. The van der Waals surface area contributed by atoms with Crippen molar-refractivity contribution in [1.82, 2.24) is 10.6 Å². The highest BCUT2D eigenvalue weighted by Gasteiger charge is 2.41. The van der Waals surface area contributed by atoms with Gasteiger partial charge in [-0.25, -0.2) is 0 Å². The number of aliphatic hydroxyl groups is 1. The first-order valence-corrected chi connectivity index (χ1v) is 5.29. The van der Waals surface area contributed by atoms with E-state index in [2.05, 4.69) is 10.6 Å². The summed E-state index contributed by atoms with van der Waals surface area (Å²) in [6.45, 7) is 1.37. The molecule has 1 aromatic carbocycles. The fourth-order valence-corrected chi connectivity index (χ4v) is 2.28. The van der Waals surface area contributed by atoms with Gasteiger partial charge < -0.3 is 10.4 Å². The van der Waals surface area contributed by atoms with Crippen LogP contribution < -0.4 is 10.6 Å². The Morgan fingerprint density at radius 3 is 2.94 bits per heavy atom. The Labute approximate surface area is 93.0 Å². The molecule has 1 saturated heterocycles. The van der Waals surface area contributed by atoms with Gasteiger partial charge in [-0.05, 0) is 0 Å². The SMILES string of the molecule is O=C1C=C2NCCNC2(O)c2ccccc21. The van der Waals surface area contributed by atoms with E-state index in [4.69, 9.17) is 0 Å². The van der Waals surface area contributed by atoms with Crippen LogP contribution in [0.2, 0.25) is 0 Å². The lowest BCUT2D eigenvalue weighted by Gasteiger charge is -2.39. The Morgan fingerprint density at radius 1 is 1.25 bits per heavy atom. The third-order valence-electron chi connectivity index (χ3n) is 3.07. The summed E-state index contributed by atoms with van der Waals surface area (Å²) in [4.78, 5) is 11.8. The molecular formula is C12H12N2O2. The molecular weight excluding hydrogens is 204 g/mol. The quantitative estimate of drug-likeness (QED) is 0.576. The summed E-state index contributed by atoms with van der Waals surface area (Å²) in [7, 11) is 0. The molecule has 3 N–H and O–H groups in total. The predicted octanol–water partition coefficient (Wildman–Crippen LogP) is 0.105. The van der Waals surface area contributed by atoms with Crippen molar-refractivity contribution in [2.24, 2.45) is 0 Å². The predicted molar refractivity (Wildman–Crippen MR) is 58.8 cm³/mol. The van der Waals surface area contributed by atoms with E-state index in [1.807, 2.05) is 6.07 Å². The molecule has 16 heavy (non-hydrogen) atoms. The molecule has 4 heteroatoms. The minimum Gasteiger partial charge on any atom is -0.383 e. The minimum absolute atomic E-state index is 0.0634. The van der Waals surface area contributed by atoms with Crippen LogP contribution >= 0.6 is 0 Å². The van der Waals surface area contributed by atoms with Crippen molar-refractivity contribution >= 4 is 5.78 Å². The van der Waals surface area contributed by atoms with Crippen LogP contribution in [0, 0.1) is 0 Å². The first-order valence-electron chi connectivity index (χ1n) is 5.29. The van der Waals surface area contributed by atoms with E-state index >= 15 is 0 Å². The van der Waals surface area contributed by atoms with E-state index in [-0.39, 0.29) is 5.78 Å². The van der Waals surface area contributed by atoms with Crippen molar-refractivity contribution < 1.29 is 9.90 Å². The molecule has 0 bridgehead atoms. The Kier molecular flexibility index (Phi) is 1.89. The smallest absolute Gasteiger partial charge is 0.188 e. The van der Waals surface area contributed by atoms with Crippen molar-refractivity contribution in [2.45, 2.75) is 5.72 Å². The number of benzene rings is 1. The van der Waals surface area contributed by atoms with Crippen molar-refractivity contribution in [3.63, 3.8) is 0 Å².